The summed E-state index contributed by atoms with van der Waals surface area (Å²) in [6.07, 6.45) is 1.67. The molecule has 0 radical (unpaired) electrons. The van der Waals surface area contributed by atoms with Gasteiger partial charge in [-0.1, -0.05) is 6.07 Å². The van der Waals surface area contributed by atoms with E-state index in [1.807, 2.05) is 36.4 Å². The Morgan fingerprint density at radius 1 is 0.963 bits per heavy atom. The molecule has 3 aromatic rings. The summed E-state index contributed by atoms with van der Waals surface area (Å²) in [6.45, 7) is 0.212. The fraction of sp³-hybridized carbons (Fsp3) is 0.158. The van der Waals surface area contributed by atoms with Gasteiger partial charge in [-0.2, -0.15) is 4.98 Å². The summed E-state index contributed by atoms with van der Waals surface area (Å²) < 4.78 is 21.5. The maximum atomic E-state index is 5.51. The molecule has 2 heterocycles. The minimum Gasteiger partial charge on any atom is -0.493 e. The molecular weight excluding hydrogens is 348 g/mol. The van der Waals surface area contributed by atoms with Gasteiger partial charge in [-0.25, -0.2) is 4.98 Å². The maximum absolute atomic E-state index is 5.51. The number of anilines is 4. The van der Waals surface area contributed by atoms with Gasteiger partial charge in [0.1, 0.15) is 5.82 Å². The van der Waals surface area contributed by atoms with E-state index in [9.17, 15) is 0 Å². The Balaban J connectivity index is 1.54. The van der Waals surface area contributed by atoms with Crippen molar-refractivity contribution in [3.63, 3.8) is 0 Å². The normalized spacial score (nSPS) is 11.8. The van der Waals surface area contributed by atoms with Crippen molar-refractivity contribution in [2.24, 2.45) is 0 Å². The van der Waals surface area contributed by atoms with Crippen LogP contribution in [-0.4, -0.2) is 31.0 Å². The summed E-state index contributed by atoms with van der Waals surface area (Å²) in [6, 6.07) is 12.9. The summed E-state index contributed by atoms with van der Waals surface area (Å²) in [4.78, 5) is 8.74. The van der Waals surface area contributed by atoms with Crippen molar-refractivity contribution in [1.29, 1.82) is 0 Å². The van der Waals surface area contributed by atoms with Crippen LogP contribution in [0.2, 0.25) is 0 Å². The number of fused-ring (bicyclic) bond motifs is 1. The second kappa shape index (κ2) is 7.28. The molecule has 27 heavy (non-hydrogen) atoms. The molecular formula is C19H18N4O4. The van der Waals surface area contributed by atoms with Crippen molar-refractivity contribution in [3.05, 3.63) is 48.7 Å². The summed E-state index contributed by atoms with van der Waals surface area (Å²) in [7, 11) is 3.19. The molecule has 2 aromatic carbocycles. The Hall–Kier alpha value is -3.68. The van der Waals surface area contributed by atoms with Crippen LogP contribution in [0.5, 0.6) is 23.0 Å². The van der Waals surface area contributed by atoms with E-state index in [0.717, 1.165) is 11.4 Å². The van der Waals surface area contributed by atoms with Crippen molar-refractivity contribution in [1.82, 2.24) is 9.97 Å². The minimum atomic E-state index is 0.212. The highest BCUT2D eigenvalue weighted by Crippen LogP contribution is 2.40. The smallest absolute Gasteiger partial charge is 0.231 e. The zero-order valence-electron chi connectivity index (χ0n) is 14.9. The Bertz CT molecular complexity index is 964. The fourth-order valence-electron chi connectivity index (χ4n) is 2.70. The molecule has 8 nitrogen and oxygen atoms in total. The third-order valence-electron chi connectivity index (χ3n) is 3.95. The standard InChI is InChI=1S/C19H18N4O4/c1-24-14-7-6-12(10-16(14)25-2)21-19-20-9-8-17(23-19)22-13-4-3-5-15-18(13)27-11-26-15/h3-10H,11H2,1-2H3,(H2,20,21,22,23). The van der Waals surface area contributed by atoms with Gasteiger partial charge >= 0.3 is 0 Å². The third kappa shape index (κ3) is 3.50. The molecule has 0 bridgehead atoms. The van der Waals surface area contributed by atoms with Gasteiger partial charge in [-0.05, 0) is 30.3 Å². The first-order valence-electron chi connectivity index (χ1n) is 8.24. The predicted molar refractivity (Wildman–Crippen MR) is 101 cm³/mol. The van der Waals surface area contributed by atoms with Gasteiger partial charge in [-0.15, -0.1) is 0 Å². The molecule has 4 rings (SSSR count). The van der Waals surface area contributed by atoms with Crippen LogP contribution in [0.4, 0.5) is 23.1 Å². The Morgan fingerprint density at radius 2 is 1.85 bits per heavy atom. The molecule has 0 amide bonds. The van der Waals surface area contributed by atoms with Crippen LogP contribution >= 0.6 is 0 Å². The van der Waals surface area contributed by atoms with E-state index in [2.05, 4.69) is 20.6 Å². The maximum Gasteiger partial charge on any atom is 0.231 e. The number of ether oxygens (including phenoxy) is 4. The van der Waals surface area contributed by atoms with E-state index in [-0.39, 0.29) is 6.79 Å². The van der Waals surface area contributed by atoms with E-state index in [1.165, 1.54) is 0 Å². The van der Waals surface area contributed by atoms with Crippen LogP contribution in [0.15, 0.2) is 48.7 Å². The molecule has 0 atom stereocenters. The monoisotopic (exact) mass is 366 g/mol. The Labute approximate surface area is 156 Å². The molecule has 1 aliphatic heterocycles. The van der Waals surface area contributed by atoms with Crippen molar-refractivity contribution >= 4 is 23.1 Å². The van der Waals surface area contributed by atoms with Gasteiger partial charge < -0.3 is 29.6 Å². The topological polar surface area (TPSA) is 86.8 Å². The van der Waals surface area contributed by atoms with E-state index in [0.29, 0.717) is 34.8 Å². The van der Waals surface area contributed by atoms with Crippen LogP contribution in [0.3, 0.4) is 0 Å². The number of rotatable bonds is 6. The number of para-hydroxylation sites is 1. The van der Waals surface area contributed by atoms with Gasteiger partial charge in [0, 0.05) is 18.0 Å². The highest BCUT2D eigenvalue weighted by atomic mass is 16.7. The Morgan fingerprint density at radius 3 is 2.70 bits per heavy atom. The van der Waals surface area contributed by atoms with Crippen LogP contribution in [0.25, 0.3) is 0 Å². The van der Waals surface area contributed by atoms with Crippen molar-refractivity contribution in [2.45, 2.75) is 0 Å². The van der Waals surface area contributed by atoms with Crippen molar-refractivity contribution in [2.75, 3.05) is 31.6 Å². The molecule has 0 unspecified atom stereocenters. The summed E-state index contributed by atoms with van der Waals surface area (Å²) in [5.74, 6) is 3.71. The summed E-state index contributed by atoms with van der Waals surface area (Å²) in [5.41, 5.74) is 1.56. The zero-order valence-corrected chi connectivity index (χ0v) is 14.9. The highest BCUT2D eigenvalue weighted by molar-refractivity contribution is 5.70. The predicted octanol–water partition coefficient (Wildman–Crippen LogP) is 3.71. The number of hydrogen-bond acceptors (Lipinski definition) is 8. The molecule has 0 saturated carbocycles. The first kappa shape index (κ1) is 16.8. The first-order chi connectivity index (χ1) is 13.3. The van der Waals surface area contributed by atoms with E-state index < -0.39 is 0 Å². The fourth-order valence-corrected chi connectivity index (χ4v) is 2.70. The third-order valence-corrected chi connectivity index (χ3v) is 3.95. The van der Waals surface area contributed by atoms with Crippen molar-refractivity contribution < 1.29 is 18.9 Å². The molecule has 0 spiro atoms. The molecule has 2 N–H and O–H groups in total. The van der Waals surface area contributed by atoms with Gasteiger partial charge in [0.15, 0.2) is 23.0 Å². The van der Waals surface area contributed by atoms with Crippen LogP contribution in [-0.2, 0) is 0 Å². The SMILES string of the molecule is COc1ccc(Nc2nccc(Nc3cccc4c3OCO4)n2)cc1OC. The lowest BCUT2D eigenvalue weighted by atomic mass is 10.2. The van der Waals surface area contributed by atoms with E-state index >= 15 is 0 Å². The first-order valence-corrected chi connectivity index (χ1v) is 8.24. The molecule has 1 aliphatic rings. The molecule has 0 saturated heterocycles. The van der Waals surface area contributed by atoms with E-state index in [1.54, 1.807) is 26.5 Å². The molecule has 1 aromatic heterocycles. The highest BCUT2D eigenvalue weighted by Gasteiger charge is 2.17. The minimum absolute atomic E-state index is 0.212. The average molecular weight is 366 g/mol. The van der Waals surface area contributed by atoms with Gasteiger partial charge in [-0.3, -0.25) is 0 Å². The molecule has 8 heteroatoms. The zero-order chi connectivity index (χ0) is 18.6. The number of aromatic nitrogens is 2. The second-order valence-corrected chi connectivity index (χ2v) is 5.62. The Kier molecular flexibility index (Phi) is 4.52. The van der Waals surface area contributed by atoms with E-state index in [4.69, 9.17) is 18.9 Å². The van der Waals surface area contributed by atoms with Gasteiger partial charge in [0.2, 0.25) is 12.7 Å². The average Bonchev–Trinajstić information content (AvgIpc) is 3.18. The molecule has 0 fully saturated rings. The molecule has 138 valence electrons. The second-order valence-electron chi connectivity index (χ2n) is 5.62. The quantitative estimate of drug-likeness (QED) is 0.683. The summed E-state index contributed by atoms with van der Waals surface area (Å²) in [5, 5.41) is 6.39. The number of benzene rings is 2. The van der Waals surface area contributed by atoms with Gasteiger partial charge in [0.05, 0.1) is 19.9 Å². The van der Waals surface area contributed by atoms with Crippen LogP contribution in [0, 0.1) is 0 Å². The largest absolute Gasteiger partial charge is 0.493 e. The lowest BCUT2D eigenvalue weighted by Gasteiger charge is -2.12. The number of nitrogens with one attached hydrogen (secondary N) is 2. The molecule has 0 aliphatic carbocycles. The lowest BCUT2D eigenvalue weighted by molar-refractivity contribution is 0.174. The van der Waals surface area contributed by atoms with Crippen LogP contribution < -0.4 is 29.6 Å². The number of nitrogens with zero attached hydrogens (tertiary/aromatic N) is 2. The van der Waals surface area contributed by atoms with Crippen molar-refractivity contribution in [3.8, 4) is 23.0 Å². The summed E-state index contributed by atoms with van der Waals surface area (Å²) >= 11 is 0. The number of methoxy groups -OCH3 is 2. The lowest BCUT2D eigenvalue weighted by Crippen LogP contribution is -2.01. The van der Waals surface area contributed by atoms with Crippen LogP contribution in [0.1, 0.15) is 0 Å². The van der Waals surface area contributed by atoms with Gasteiger partial charge in [0.25, 0.3) is 0 Å². The number of hydrogen-bond donors (Lipinski definition) is 2.